The number of carbonyl (C=O) groups excluding carboxylic acids is 1. The van der Waals surface area contributed by atoms with Crippen molar-refractivity contribution in [1.82, 2.24) is 15.0 Å². The van der Waals surface area contributed by atoms with E-state index in [0.717, 1.165) is 23.3 Å². The lowest BCUT2D eigenvalue weighted by Gasteiger charge is -2.35. The molecule has 2 N–H and O–H groups in total. The normalized spacial score (nSPS) is 16.1. The first-order valence-electron chi connectivity index (χ1n) is 14.3. The zero-order chi connectivity index (χ0) is 31.9. The smallest absolute Gasteiger partial charge is 0.306 e. The molecule has 0 saturated carbocycles. The van der Waals surface area contributed by atoms with Crippen molar-refractivity contribution in [2.45, 2.75) is 45.0 Å². The van der Waals surface area contributed by atoms with E-state index in [0.29, 0.717) is 37.5 Å². The van der Waals surface area contributed by atoms with Crippen LogP contribution < -0.4 is 9.47 Å². The Morgan fingerprint density at radius 2 is 1.93 bits per heavy atom. The number of halogens is 5. The largest absolute Gasteiger partial charge is 0.493 e. The average Bonchev–Trinajstić information content (AvgIpc) is 3.71. The van der Waals surface area contributed by atoms with Crippen LogP contribution in [0.3, 0.4) is 0 Å². The van der Waals surface area contributed by atoms with E-state index in [1.165, 1.54) is 18.3 Å². The van der Waals surface area contributed by atoms with Crippen molar-refractivity contribution in [1.29, 1.82) is 0 Å². The number of aryl methyl sites for hydroxylation is 1. The number of nitrogens with one attached hydrogen (secondary N) is 2. The van der Waals surface area contributed by atoms with Crippen LogP contribution in [0.15, 0.2) is 54.9 Å². The minimum absolute atomic E-state index is 0.0694. The summed E-state index contributed by atoms with van der Waals surface area (Å²) in [5.74, 6) is -4.40. The summed E-state index contributed by atoms with van der Waals surface area (Å²) in [7, 11) is 0. The summed E-state index contributed by atoms with van der Waals surface area (Å²) in [6.45, 7) is 4.41. The molecule has 0 saturated heterocycles. The zero-order valence-electron chi connectivity index (χ0n) is 24.3. The third-order valence-electron chi connectivity index (χ3n) is 8.11. The van der Waals surface area contributed by atoms with Gasteiger partial charge in [0.15, 0.2) is 11.6 Å². The molecule has 1 aliphatic rings. The van der Waals surface area contributed by atoms with Gasteiger partial charge in [-0.1, -0.05) is 18.2 Å². The number of esters is 1. The van der Waals surface area contributed by atoms with Crippen LogP contribution in [0.25, 0.3) is 22.3 Å². The van der Waals surface area contributed by atoms with Crippen LogP contribution >= 0.6 is 0 Å². The predicted octanol–water partition coefficient (Wildman–Crippen LogP) is 8.29. The van der Waals surface area contributed by atoms with Gasteiger partial charge in [-0.25, -0.2) is 22.5 Å². The summed E-state index contributed by atoms with van der Waals surface area (Å²) in [4.78, 5) is 22.0. The summed E-state index contributed by atoms with van der Waals surface area (Å²) < 4.78 is 89.4. The minimum atomic E-state index is -3.19. The average molecular weight is 626 g/mol. The van der Waals surface area contributed by atoms with E-state index >= 15 is 4.39 Å². The molecule has 45 heavy (non-hydrogen) atoms. The first kappa shape index (κ1) is 30.2. The van der Waals surface area contributed by atoms with Gasteiger partial charge in [0.2, 0.25) is 5.82 Å². The molecule has 0 aliphatic carbocycles. The molecule has 12 heteroatoms. The van der Waals surface area contributed by atoms with E-state index < -0.39 is 46.1 Å². The van der Waals surface area contributed by atoms with Gasteiger partial charge in [0, 0.05) is 35.2 Å². The Kier molecular flexibility index (Phi) is 7.98. The number of hydrogen-bond acceptors (Lipinski definition) is 5. The second-order valence-electron chi connectivity index (χ2n) is 10.8. The fourth-order valence-electron chi connectivity index (χ4n) is 5.77. The number of fused-ring (bicyclic) bond motifs is 2. The van der Waals surface area contributed by atoms with Crippen molar-refractivity contribution in [2.75, 3.05) is 13.2 Å². The fraction of sp³-hybridized carbons (Fsp3) is 0.273. The molecular weight excluding hydrogens is 597 g/mol. The molecule has 6 rings (SSSR count). The second kappa shape index (κ2) is 11.9. The topological polar surface area (TPSA) is 89.2 Å². The summed E-state index contributed by atoms with van der Waals surface area (Å²) in [6, 6.07) is 10.2. The van der Waals surface area contributed by atoms with E-state index in [1.807, 2.05) is 25.1 Å². The molecule has 5 aromatic rings. The Morgan fingerprint density at radius 3 is 2.71 bits per heavy atom. The highest BCUT2D eigenvalue weighted by atomic mass is 19.3. The first-order chi connectivity index (χ1) is 21.6. The number of H-pyrrole nitrogens is 2. The van der Waals surface area contributed by atoms with Gasteiger partial charge >= 0.3 is 5.97 Å². The summed E-state index contributed by atoms with van der Waals surface area (Å²) in [5.41, 5.74) is 0.328. The van der Waals surface area contributed by atoms with Crippen LogP contribution in [0.4, 0.5) is 22.0 Å². The van der Waals surface area contributed by atoms with Crippen molar-refractivity contribution < 1.29 is 41.0 Å². The Morgan fingerprint density at radius 1 is 1.11 bits per heavy atom. The van der Waals surface area contributed by atoms with Crippen LogP contribution in [0.2, 0.25) is 0 Å². The Labute approximate surface area is 254 Å². The van der Waals surface area contributed by atoms with Gasteiger partial charge in [-0.15, -0.1) is 0 Å². The number of carbonyl (C=O) groups is 1. The third-order valence-corrected chi connectivity index (χ3v) is 8.11. The van der Waals surface area contributed by atoms with Crippen LogP contribution in [0.1, 0.15) is 55.5 Å². The van der Waals surface area contributed by atoms with E-state index in [-0.39, 0.29) is 34.9 Å². The molecule has 3 aromatic carbocycles. The number of rotatable bonds is 9. The standard InChI is InChI=1S/C33H28F5N3O4/c1-3-43-24(42)10-7-17-5-4-6-21-29(17)44-14-12-33(21,2)23-16-40-32(41-23)20-15-18(8-9-22(20)34)45-30-25(31(37)38)19-11-13-39-28(19)26(35)27(30)36/h4-6,8-9,11,13,15-16,31,39H,3,7,10,12,14H2,1-2H3,(H,40,41). The van der Waals surface area contributed by atoms with Gasteiger partial charge in [0.05, 0.1) is 35.6 Å². The number of nitrogens with zero attached hydrogens (tertiary/aromatic N) is 1. The number of aromatic nitrogens is 3. The van der Waals surface area contributed by atoms with Crippen LogP contribution in [0, 0.1) is 17.5 Å². The van der Waals surface area contributed by atoms with Crippen molar-refractivity contribution in [3.05, 3.63) is 94.7 Å². The second-order valence-corrected chi connectivity index (χ2v) is 10.8. The maximum atomic E-state index is 15.1. The van der Waals surface area contributed by atoms with Gasteiger partial charge in [-0.05, 0) is 56.5 Å². The number of benzene rings is 3. The Bertz CT molecular complexity index is 1900. The lowest BCUT2D eigenvalue weighted by Crippen LogP contribution is -2.32. The summed E-state index contributed by atoms with van der Waals surface area (Å²) >= 11 is 0. The fourth-order valence-corrected chi connectivity index (χ4v) is 5.77. The number of ether oxygens (including phenoxy) is 3. The first-order valence-corrected chi connectivity index (χ1v) is 14.3. The number of para-hydroxylation sites is 1. The molecule has 1 aliphatic heterocycles. The van der Waals surface area contributed by atoms with E-state index in [9.17, 15) is 22.4 Å². The summed E-state index contributed by atoms with van der Waals surface area (Å²) in [5, 5.41) is -0.231. The Hall–Kier alpha value is -4.87. The quantitative estimate of drug-likeness (QED) is 0.127. The maximum Gasteiger partial charge on any atom is 0.306 e. The maximum absolute atomic E-state index is 15.1. The van der Waals surface area contributed by atoms with Crippen LogP contribution in [0.5, 0.6) is 17.2 Å². The van der Waals surface area contributed by atoms with Gasteiger partial charge in [0.1, 0.15) is 23.1 Å². The zero-order valence-corrected chi connectivity index (χ0v) is 24.3. The molecule has 1 unspecified atom stereocenters. The van der Waals surface area contributed by atoms with Crippen molar-refractivity contribution in [3.63, 3.8) is 0 Å². The third kappa shape index (κ3) is 5.38. The van der Waals surface area contributed by atoms with Gasteiger partial charge in [-0.3, -0.25) is 4.79 Å². The highest BCUT2D eigenvalue weighted by Gasteiger charge is 2.38. The minimum Gasteiger partial charge on any atom is -0.493 e. The van der Waals surface area contributed by atoms with Gasteiger partial charge < -0.3 is 24.2 Å². The van der Waals surface area contributed by atoms with Gasteiger partial charge in [0.25, 0.3) is 6.43 Å². The van der Waals surface area contributed by atoms with E-state index in [4.69, 9.17) is 14.2 Å². The number of imidazole rings is 1. The van der Waals surface area contributed by atoms with Crippen LogP contribution in [-0.2, 0) is 21.4 Å². The van der Waals surface area contributed by atoms with Crippen LogP contribution in [-0.4, -0.2) is 34.1 Å². The predicted molar refractivity (Wildman–Crippen MR) is 155 cm³/mol. The van der Waals surface area contributed by atoms with Crippen molar-refractivity contribution in [3.8, 4) is 28.6 Å². The number of aromatic amines is 2. The molecule has 1 atom stereocenters. The lowest BCUT2D eigenvalue weighted by molar-refractivity contribution is -0.143. The highest BCUT2D eigenvalue weighted by Crippen LogP contribution is 2.46. The number of alkyl halides is 2. The van der Waals surface area contributed by atoms with Crippen molar-refractivity contribution in [2.24, 2.45) is 0 Å². The SMILES string of the molecule is CCOC(=O)CCc1cccc2c1OCCC2(C)c1c[nH]c(-c2cc(Oc3c(F)c(F)c4[nH]ccc4c3C(F)F)ccc2F)n1. The molecule has 0 radical (unpaired) electrons. The molecule has 0 spiro atoms. The molecule has 7 nitrogen and oxygen atoms in total. The van der Waals surface area contributed by atoms with Crippen molar-refractivity contribution >= 4 is 16.9 Å². The van der Waals surface area contributed by atoms with E-state index in [2.05, 4.69) is 15.0 Å². The molecule has 0 amide bonds. The monoisotopic (exact) mass is 625 g/mol. The molecule has 234 valence electrons. The Balaban J connectivity index is 1.33. The highest BCUT2D eigenvalue weighted by molar-refractivity contribution is 5.86. The molecule has 3 heterocycles. The molecule has 0 fully saturated rings. The molecule has 2 aromatic heterocycles. The number of hydrogen-bond donors (Lipinski definition) is 2. The van der Waals surface area contributed by atoms with Gasteiger partial charge in [-0.2, -0.15) is 4.39 Å². The lowest BCUT2D eigenvalue weighted by atomic mass is 9.74. The molecular formula is C33H28F5N3O4. The molecule has 0 bridgehead atoms. The summed E-state index contributed by atoms with van der Waals surface area (Å²) in [6.07, 6.45) is 0.857. The van der Waals surface area contributed by atoms with E-state index in [1.54, 1.807) is 13.1 Å².